The summed E-state index contributed by atoms with van der Waals surface area (Å²) in [4.78, 5) is 0. The fraction of sp³-hybridized carbons (Fsp3) is 0.909. The van der Waals surface area contributed by atoms with E-state index in [0.717, 1.165) is 18.3 Å². The first-order chi connectivity index (χ1) is 11.3. The smallest absolute Gasteiger partial charge is 0.0918 e. The lowest BCUT2D eigenvalue weighted by atomic mass is 9.79. The van der Waals surface area contributed by atoms with Crippen molar-refractivity contribution in [3.05, 3.63) is 12.3 Å². The Morgan fingerprint density at radius 1 is 0.783 bits per heavy atom. The molecule has 0 bridgehead atoms. The monoisotopic (exact) mass is 322 g/mol. The van der Waals surface area contributed by atoms with Gasteiger partial charge in [-0.25, -0.2) is 0 Å². The molecule has 23 heavy (non-hydrogen) atoms. The number of allylic oxidation sites excluding steroid dienone is 1. The Morgan fingerprint density at radius 2 is 1.35 bits per heavy atom. The normalized spacial score (nSPS) is 21.3. The van der Waals surface area contributed by atoms with E-state index >= 15 is 0 Å². The van der Waals surface area contributed by atoms with Gasteiger partial charge in [0.15, 0.2) is 0 Å². The third-order valence-corrected chi connectivity index (χ3v) is 5.55. The molecule has 0 aliphatic heterocycles. The first-order valence-corrected chi connectivity index (χ1v) is 10.6. The predicted octanol–water partition coefficient (Wildman–Crippen LogP) is 7.65. The molecule has 0 heterocycles. The average molecular weight is 323 g/mol. The summed E-state index contributed by atoms with van der Waals surface area (Å²) in [6.07, 6.45) is 20.6. The van der Waals surface area contributed by atoms with Crippen molar-refractivity contribution in [2.45, 2.75) is 110 Å². The second kappa shape index (κ2) is 13.9. The van der Waals surface area contributed by atoms with E-state index in [0.29, 0.717) is 5.92 Å². The van der Waals surface area contributed by atoms with E-state index in [1.54, 1.807) is 0 Å². The molecule has 1 heteroatoms. The largest absolute Gasteiger partial charge is 0.498 e. The Balaban J connectivity index is 2.00. The predicted molar refractivity (Wildman–Crippen MR) is 103 cm³/mol. The number of hydrogen-bond donors (Lipinski definition) is 0. The van der Waals surface area contributed by atoms with Crippen molar-refractivity contribution in [3.8, 4) is 0 Å². The van der Waals surface area contributed by atoms with Gasteiger partial charge in [0.1, 0.15) is 0 Å². The molecule has 0 aromatic heterocycles. The first kappa shape index (κ1) is 20.6. The maximum atomic E-state index is 5.90. The fourth-order valence-corrected chi connectivity index (χ4v) is 3.84. The molecule has 0 spiro atoms. The van der Waals surface area contributed by atoms with Gasteiger partial charge in [0.05, 0.1) is 12.4 Å². The van der Waals surface area contributed by atoms with Crippen molar-refractivity contribution in [3.63, 3.8) is 0 Å². The van der Waals surface area contributed by atoms with Gasteiger partial charge in [-0.05, 0) is 38.0 Å². The third-order valence-electron chi connectivity index (χ3n) is 5.55. The molecule has 136 valence electrons. The molecule has 0 aromatic rings. The number of unbranched alkanes of at least 4 members (excludes halogenated alkanes) is 8. The highest BCUT2D eigenvalue weighted by Gasteiger charge is 2.23. The summed E-state index contributed by atoms with van der Waals surface area (Å²) in [5.74, 6) is 2.70. The second-order valence-corrected chi connectivity index (χ2v) is 7.65. The molecule has 1 saturated carbocycles. The summed E-state index contributed by atoms with van der Waals surface area (Å²) in [6, 6.07) is 0. The minimum atomic E-state index is 0.641. The molecule has 1 aliphatic carbocycles. The Labute approximate surface area is 146 Å². The molecule has 0 N–H and O–H groups in total. The highest BCUT2D eigenvalue weighted by atomic mass is 16.5. The summed E-state index contributed by atoms with van der Waals surface area (Å²) in [5.41, 5.74) is 0. The fourth-order valence-electron chi connectivity index (χ4n) is 3.84. The van der Waals surface area contributed by atoms with E-state index in [1.807, 2.05) is 0 Å². The highest BCUT2D eigenvalue weighted by Crippen LogP contribution is 2.35. The van der Waals surface area contributed by atoms with Crippen molar-refractivity contribution in [2.75, 3.05) is 6.61 Å². The van der Waals surface area contributed by atoms with Crippen LogP contribution in [0.2, 0.25) is 0 Å². The minimum absolute atomic E-state index is 0.641. The maximum absolute atomic E-state index is 5.90. The molecule has 0 radical (unpaired) electrons. The van der Waals surface area contributed by atoms with Gasteiger partial charge in [-0.2, -0.15) is 0 Å². The van der Waals surface area contributed by atoms with Crippen LogP contribution in [0.1, 0.15) is 110 Å². The topological polar surface area (TPSA) is 9.23 Å². The van der Waals surface area contributed by atoms with Crippen LogP contribution in [-0.4, -0.2) is 6.61 Å². The second-order valence-electron chi connectivity index (χ2n) is 7.65. The molecule has 0 saturated heterocycles. The highest BCUT2D eigenvalue weighted by molar-refractivity contribution is 4.93. The van der Waals surface area contributed by atoms with Gasteiger partial charge in [0.2, 0.25) is 0 Å². The van der Waals surface area contributed by atoms with Crippen molar-refractivity contribution in [1.29, 1.82) is 0 Å². The van der Waals surface area contributed by atoms with Gasteiger partial charge in [-0.3, -0.25) is 0 Å². The molecule has 0 amide bonds. The zero-order chi connectivity index (χ0) is 16.8. The molecule has 1 rings (SSSR count). The standard InChI is InChI=1S/C22H42O/c1-4-6-8-10-11-12-14-21-15-17-22(18-16-21)20(3)23-19-13-9-7-5-2/h21-22H,3-19H2,1-2H3. The lowest BCUT2D eigenvalue weighted by Crippen LogP contribution is -2.17. The lowest BCUT2D eigenvalue weighted by Gasteiger charge is -2.29. The minimum Gasteiger partial charge on any atom is -0.498 e. The van der Waals surface area contributed by atoms with Gasteiger partial charge in [-0.1, -0.05) is 84.6 Å². The molecular weight excluding hydrogens is 280 g/mol. The molecular formula is C22H42O. The quantitative estimate of drug-likeness (QED) is 0.236. The van der Waals surface area contributed by atoms with E-state index in [-0.39, 0.29) is 0 Å². The van der Waals surface area contributed by atoms with E-state index in [9.17, 15) is 0 Å². The van der Waals surface area contributed by atoms with Crippen molar-refractivity contribution >= 4 is 0 Å². The summed E-state index contributed by atoms with van der Waals surface area (Å²) >= 11 is 0. The van der Waals surface area contributed by atoms with Gasteiger partial charge in [-0.15, -0.1) is 0 Å². The maximum Gasteiger partial charge on any atom is 0.0918 e. The van der Waals surface area contributed by atoms with Crippen molar-refractivity contribution < 1.29 is 4.74 Å². The van der Waals surface area contributed by atoms with E-state index in [1.165, 1.54) is 96.3 Å². The summed E-state index contributed by atoms with van der Waals surface area (Å²) < 4.78 is 5.90. The van der Waals surface area contributed by atoms with Gasteiger partial charge in [0, 0.05) is 5.92 Å². The van der Waals surface area contributed by atoms with Crippen LogP contribution in [0.15, 0.2) is 12.3 Å². The van der Waals surface area contributed by atoms with E-state index in [2.05, 4.69) is 20.4 Å². The molecule has 1 aliphatic rings. The lowest BCUT2D eigenvalue weighted by molar-refractivity contribution is 0.145. The van der Waals surface area contributed by atoms with Crippen LogP contribution >= 0.6 is 0 Å². The van der Waals surface area contributed by atoms with Crippen LogP contribution in [0.3, 0.4) is 0 Å². The summed E-state index contributed by atoms with van der Waals surface area (Å²) in [7, 11) is 0. The van der Waals surface area contributed by atoms with Gasteiger partial charge >= 0.3 is 0 Å². The van der Waals surface area contributed by atoms with Gasteiger partial charge in [0.25, 0.3) is 0 Å². The van der Waals surface area contributed by atoms with Crippen molar-refractivity contribution in [1.82, 2.24) is 0 Å². The van der Waals surface area contributed by atoms with Crippen LogP contribution in [0.5, 0.6) is 0 Å². The number of rotatable bonds is 14. The van der Waals surface area contributed by atoms with Crippen LogP contribution < -0.4 is 0 Å². The number of hydrogen-bond acceptors (Lipinski definition) is 1. The zero-order valence-corrected chi connectivity index (χ0v) is 16.1. The molecule has 0 aromatic carbocycles. The van der Waals surface area contributed by atoms with E-state index < -0.39 is 0 Å². The Bertz CT molecular complexity index is 276. The van der Waals surface area contributed by atoms with E-state index in [4.69, 9.17) is 4.74 Å². The Morgan fingerprint density at radius 3 is 2.00 bits per heavy atom. The zero-order valence-electron chi connectivity index (χ0n) is 16.1. The van der Waals surface area contributed by atoms with Crippen LogP contribution in [0.25, 0.3) is 0 Å². The number of ether oxygens (including phenoxy) is 1. The van der Waals surface area contributed by atoms with Crippen LogP contribution in [0.4, 0.5) is 0 Å². The van der Waals surface area contributed by atoms with Gasteiger partial charge < -0.3 is 4.74 Å². The molecule has 1 nitrogen and oxygen atoms in total. The molecule has 0 unspecified atom stereocenters. The third kappa shape index (κ3) is 10.1. The van der Waals surface area contributed by atoms with Crippen molar-refractivity contribution in [2.24, 2.45) is 11.8 Å². The molecule has 0 atom stereocenters. The Hall–Kier alpha value is -0.460. The average Bonchev–Trinajstić information content (AvgIpc) is 2.58. The molecule has 1 fully saturated rings. The van der Waals surface area contributed by atoms with Crippen LogP contribution in [-0.2, 0) is 4.74 Å². The summed E-state index contributed by atoms with van der Waals surface area (Å²) in [6.45, 7) is 9.63. The SMILES string of the molecule is C=C(OCCCCCC)C1CCC(CCCCCCCC)CC1. The summed E-state index contributed by atoms with van der Waals surface area (Å²) in [5, 5.41) is 0. The van der Waals surface area contributed by atoms with Crippen LogP contribution in [0, 0.1) is 11.8 Å². The first-order valence-electron chi connectivity index (χ1n) is 10.6. The Kier molecular flexibility index (Phi) is 12.5.